The molecule has 0 radical (unpaired) electrons. The summed E-state index contributed by atoms with van der Waals surface area (Å²) in [7, 11) is 0.578. The average molecular weight is 471 g/mol. The number of hydrogen-bond acceptors (Lipinski definition) is 6. The molecule has 33 heavy (non-hydrogen) atoms. The Kier molecular flexibility index (Phi) is 7.78. The number of nitrogens with zero attached hydrogens (tertiary/aromatic N) is 1. The predicted octanol–water partition coefficient (Wildman–Crippen LogP) is 3.22. The van der Waals surface area contributed by atoms with Gasteiger partial charge in [0, 0.05) is 6.54 Å². The van der Waals surface area contributed by atoms with Gasteiger partial charge in [-0.2, -0.15) is 0 Å². The number of carbonyl (C=O) groups is 1. The molecule has 0 saturated carbocycles. The molecule has 9 heteroatoms. The first kappa shape index (κ1) is 23.9. The van der Waals surface area contributed by atoms with Crippen molar-refractivity contribution < 1.29 is 27.4 Å². The summed E-state index contributed by atoms with van der Waals surface area (Å²) < 4.78 is 43.4. The summed E-state index contributed by atoms with van der Waals surface area (Å²) in [6, 6.07) is 19.8. The Hall–Kier alpha value is -3.72. The lowest BCUT2D eigenvalue weighted by Gasteiger charge is -2.24. The van der Waals surface area contributed by atoms with Crippen molar-refractivity contribution in [2.24, 2.45) is 0 Å². The van der Waals surface area contributed by atoms with Crippen molar-refractivity contribution in [3.05, 3.63) is 78.4 Å². The summed E-state index contributed by atoms with van der Waals surface area (Å²) in [5.74, 6) is 1.20. The van der Waals surface area contributed by atoms with Crippen molar-refractivity contribution in [1.29, 1.82) is 0 Å². The van der Waals surface area contributed by atoms with E-state index >= 15 is 0 Å². The third-order valence-electron chi connectivity index (χ3n) is 4.92. The number of ether oxygens (including phenoxy) is 3. The first-order chi connectivity index (χ1) is 15.9. The Morgan fingerprint density at radius 3 is 2.12 bits per heavy atom. The minimum Gasteiger partial charge on any atom is -0.497 e. The molecule has 0 aliphatic rings. The molecule has 0 heterocycles. The molecule has 0 saturated heterocycles. The largest absolute Gasteiger partial charge is 0.497 e. The zero-order valence-electron chi connectivity index (χ0n) is 18.6. The van der Waals surface area contributed by atoms with Crippen LogP contribution in [0.5, 0.6) is 17.2 Å². The van der Waals surface area contributed by atoms with Gasteiger partial charge < -0.3 is 19.5 Å². The number of nitrogens with one attached hydrogen (secondary N) is 1. The Morgan fingerprint density at radius 1 is 0.848 bits per heavy atom. The van der Waals surface area contributed by atoms with E-state index in [0.717, 1.165) is 9.87 Å². The highest BCUT2D eigenvalue weighted by Crippen LogP contribution is 2.28. The SMILES string of the molecule is COc1ccc(S(=O)(=O)N(CC(=O)NCc2ccc(OC)c(OC)c2)c2ccccc2)cc1. The Balaban J connectivity index is 1.80. The van der Waals surface area contributed by atoms with Crippen molar-refractivity contribution >= 4 is 21.6 Å². The van der Waals surface area contributed by atoms with Crippen LogP contribution in [-0.4, -0.2) is 42.2 Å². The van der Waals surface area contributed by atoms with Gasteiger partial charge in [-0.05, 0) is 54.1 Å². The molecule has 0 aliphatic carbocycles. The third kappa shape index (κ3) is 5.75. The molecular formula is C24H26N2O6S. The average Bonchev–Trinajstić information content (AvgIpc) is 2.86. The monoisotopic (exact) mass is 470 g/mol. The number of amides is 1. The molecule has 174 valence electrons. The zero-order valence-corrected chi connectivity index (χ0v) is 19.5. The van der Waals surface area contributed by atoms with E-state index in [4.69, 9.17) is 14.2 Å². The molecule has 0 aliphatic heterocycles. The van der Waals surface area contributed by atoms with Gasteiger partial charge >= 0.3 is 0 Å². The van der Waals surface area contributed by atoms with E-state index < -0.39 is 15.9 Å². The Morgan fingerprint density at radius 2 is 1.52 bits per heavy atom. The number of methoxy groups -OCH3 is 3. The maximum atomic E-state index is 13.4. The molecule has 0 spiro atoms. The van der Waals surface area contributed by atoms with Gasteiger partial charge in [0.25, 0.3) is 10.0 Å². The van der Waals surface area contributed by atoms with E-state index in [-0.39, 0.29) is 18.0 Å². The minimum absolute atomic E-state index is 0.0554. The van der Waals surface area contributed by atoms with Crippen molar-refractivity contribution in [2.45, 2.75) is 11.4 Å². The summed E-state index contributed by atoms with van der Waals surface area (Å²) in [4.78, 5) is 12.8. The van der Waals surface area contributed by atoms with Gasteiger partial charge in [0.15, 0.2) is 11.5 Å². The third-order valence-corrected chi connectivity index (χ3v) is 6.70. The summed E-state index contributed by atoms with van der Waals surface area (Å²) in [5.41, 5.74) is 1.17. The van der Waals surface area contributed by atoms with Crippen molar-refractivity contribution in [3.8, 4) is 17.2 Å². The van der Waals surface area contributed by atoms with E-state index in [9.17, 15) is 13.2 Å². The fourth-order valence-electron chi connectivity index (χ4n) is 3.16. The molecule has 0 aromatic heterocycles. The molecular weight excluding hydrogens is 444 g/mol. The van der Waals surface area contributed by atoms with E-state index in [1.54, 1.807) is 67.8 Å². The van der Waals surface area contributed by atoms with Gasteiger partial charge in [-0.15, -0.1) is 0 Å². The number of hydrogen-bond donors (Lipinski definition) is 1. The van der Waals surface area contributed by atoms with E-state index in [1.165, 1.54) is 26.4 Å². The number of rotatable bonds is 10. The van der Waals surface area contributed by atoms with Crippen LogP contribution < -0.4 is 23.8 Å². The fourth-order valence-corrected chi connectivity index (χ4v) is 4.58. The van der Waals surface area contributed by atoms with E-state index in [1.807, 2.05) is 0 Å². The van der Waals surface area contributed by atoms with Crippen LogP contribution in [-0.2, 0) is 21.4 Å². The summed E-state index contributed by atoms with van der Waals surface area (Å²) >= 11 is 0. The molecule has 1 N–H and O–H groups in total. The second kappa shape index (κ2) is 10.7. The van der Waals surface area contributed by atoms with E-state index in [0.29, 0.717) is 22.9 Å². The van der Waals surface area contributed by atoms with Crippen LogP contribution in [0.4, 0.5) is 5.69 Å². The minimum atomic E-state index is -4.00. The van der Waals surface area contributed by atoms with Crippen LogP contribution >= 0.6 is 0 Å². The highest BCUT2D eigenvalue weighted by molar-refractivity contribution is 7.92. The maximum Gasteiger partial charge on any atom is 0.264 e. The number of anilines is 1. The first-order valence-electron chi connectivity index (χ1n) is 10.1. The van der Waals surface area contributed by atoms with Crippen LogP contribution in [0.3, 0.4) is 0 Å². The summed E-state index contributed by atoms with van der Waals surface area (Å²) in [6.45, 7) is -0.184. The van der Waals surface area contributed by atoms with Crippen LogP contribution in [0.2, 0.25) is 0 Å². The van der Waals surface area contributed by atoms with Crippen LogP contribution in [0.25, 0.3) is 0 Å². The first-order valence-corrected chi connectivity index (χ1v) is 11.5. The predicted molar refractivity (Wildman–Crippen MR) is 125 cm³/mol. The lowest BCUT2D eigenvalue weighted by Crippen LogP contribution is -2.40. The van der Waals surface area contributed by atoms with E-state index in [2.05, 4.69) is 5.32 Å². The van der Waals surface area contributed by atoms with Gasteiger partial charge in [-0.1, -0.05) is 24.3 Å². The van der Waals surface area contributed by atoms with Gasteiger partial charge in [-0.25, -0.2) is 8.42 Å². The lowest BCUT2D eigenvalue weighted by atomic mass is 10.2. The Bertz CT molecular complexity index is 1180. The molecule has 0 atom stereocenters. The maximum absolute atomic E-state index is 13.4. The smallest absolute Gasteiger partial charge is 0.264 e. The fraction of sp³-hybridized carbons (Fsp3) is 0.208. The quantitative estimate of drug-likeness (QED) is 0.489. The number of carbonyl (C=O) groups excluding carboxylic acids is 1. The van der Waals surface area contributed by atoms with Gasteiger partial charge in [0.1, 0.15) is 12.3 Å². The van der Waals surface area contributed by atoms with Crippen LogP contribution in [0.15, 0.2) is 77.7 Å². The molecule has 3 aromatic carbocycles. The molecule has 0 unspecified atom stereocenters. The number of sulfonamides is 1. The zero-order chi connectivity index (χ0) is 23.8. The Labute approximate surface area is 193 Å². The van der Waals surface area contributed by atoms with Crippen LogP contribution in [0, 0.1) is 0 Å². The molecule has 1 amide bonds. The summed E-state index contributed by atoms with van der Waals surface area (Å²) in [5, 5.41) is 2.77. The summed E-state index contributed by atoms with van der Waals surface area (Å²) in [6.07, 6.45) is 0. The molecule has 8 nitrogen and oxygen atoms in total. The molecule has 0 fully saturated rings. The highest BCUT2D eigenvalue weighted by Gasteiger charge is 2.27. The van der Waals surface area contributed by atoms with Crippen molar-refractivity contribution in [2.75, 3.05) is 32.2 Å². The van der Waals surface area contributed by atoms with Crippen molar-refractivity contribution in [3.63, 3.8) is 0 Å². The van der Waals surface area contributed by atoms with Crippen LogP contribution in [0.1, 0.15) is 5.56 Å². The number of benzene rings is 3. The second-order valence-corrected chi connectivity index (χ2v) is 8.85. The van der Waals surface area contributed by atoms with Gasteiger partial charge in [-0.3, -0.25) is 9.10 Å². The molecule has 3 rings (SSSR count). The molecule has 3 aromatic rings. The normalized spacial score (nSPS) is 10.9. The van der Waals surface area contributed by atoms with Gasteiger partial charge in [0.05, 0.1) is 31.9 Å². The second-order valence-electron chi connectivity index (χ2n) is 6.99. The lowest BCUT2D eigenvalue weighted by molar-refractivity contribution is -0.119. The highest BCUT2D eigenvalue weighted by atomic mass is 32.2. The van der Waals surface area contributed by atoms with Crippen molar-refractivity contribution in [1.82, 2.24) is 5.32 Å². The topological polar surface area (TPSA) is 94.2 Å². The molecule has 0 bridgehead atoms. The van der Waals surface area contributed by atoms with Gasteiger partial charge in [0.2, 0.25) is 5.91 Å². The standard InChI is InChI=1S/C24H26N2O6S/c1-30-20-10-12-21(13-11-20)33(28,29)26(19-7-5-4-6-8-19)17-24(27)25-16-18-9-14-22(31-2)23(15-18)32-3/h4-15H,16-17H2,1-3H3,(H,25,27). The number of para-hydroxylation sites is 1.